The van der Waals surface area contributed by atoms with Crippen LogP contribution in [0.5, 0.6) is 0 Å². The van der Waals surface area contributed by atoms with Crippen LogP contribution < -0.4 is 10.6 Å². The highest BCUT2D eigenvalue weighted by atomic mass is 35.5. The molecule has 0 aliphatic rings. The van der Waals surface area contributed by atoms with E-state index >= 15 is 0 Å². The molecule has 0 aliphatic heterocycles. The van der Waals surface area contributed by atoms with Crippen molar-refractivity contribution in [3.63, 3.8) is 0 Å². The smallest absolute Gasteiger partial charge is 0.245 e. The van der Waals surface area contributed by atoms with E-state index in [9.17, 15) is 4.79 Å². The van der Waals surface area contributed by atoms with Crippen LogP contribution in [0.25, 0.3) is 0 Å². The number of nitrogens with zero attached hydrogens (tertiary/aromatic N) is 1. The topological polar surface area (TPSA) is 54.0 Å². The van der Waals surface area contributed by atoms with Gasteiger partial charge in [-0.15, -0.1) is 11.3 Å². The highest BCUT2D eigenvalue weighted by Gasteiger charge is 2.07. The number of amides is 1. The summed E-state index contributed by atoms with van der Waals surface area (Å²) in [5.41, 5.74) is 2.07. The molecule has 1 heterocycles. The Hall–Kier alpha value is -2.37. The van der Waals surface area contributed by atoms with Gasteiger partial charge in [0.25, 0.3) is 0 Å². The first kappa shape index (κ1) is 16.5. The Bertz CT molecular complexity index is 803. The number of benzene rings is 2. The van der Waals surface area contributed by atoms with E-state index < -0.39 is 0 Å². The van der Waals surface area contributed by atoms with Crippen molar-refractivity contribution < 1.29 is 4.79 Å². The van der Waals surface area contributed by atoms with E-state index in [1.54, 1.807) is 6.20 Å². The second-order valence-electron chi connectivity index (χ2n) is 5.20. The van der Waals surface area contributed by atoms with E-state index in [1.165, 1.54) is 11.3 Å². The van der Waals surface area contributed by atoms with Gasteiger partial charge in [-0.25, -0.2) is 4.98 Å². The molecule has 1 amide bonds. The molecule has 0 spiro atoms. The van der Waals surface area contributed by atoms with Crippen LogP contribution in [0.1, 0.15) is 10.4 Å². The van der Waals surface area contributed by atoms with Crippen LogP contribution in [0.3, 0.4) is 0 Å². The van der Waals surface area contributed by atoms with Crippen LogP contribution >= 0.6 is 22.9 Å². The summed E-state index contributed by atoms with van der Waals surface area (Å²) < 4.78 is 0. The largest absolute Gasteiger partial charge is 0.376 e. The number of hydrogen-bond acceptors (Lipinski definition) is 4. The molecule has 0 bridgehead atoms. The lowest BCUT2D eigenvalue weighted by Gasteiger charge is -2.05. The fourth-order valence-corrected chi connectivity index (χ4v) is 3.14. The zero-order valence-electron chi connectivity index (χ0n) is 12.8. The fraction of sp³-hybridized carbons (Fsp3) is 0.111. The van der Waals surface area contributed by atoms with Gasteiger partial charge in [-0.3, -0.25) is 4.79 Å². The molecule has 0 fully saturated rings. The van der Waals surface area contributed by atoms with Crippen molar-refractivity contribution in [1.29, 1.82) is 0 Å². The number of carbonyl (C=O) groups excluding carboxylic acids is 1. The maximum atomic E-state index is 12.0. The normalized spacial score (nSPS) is 10.4. The predicted molar refractivity (Wildman–Crippen MR) is 99.9 cm³/mol. The van der Waals surface area contributed by atoms with Crippen molar-refractivity contribution in [2.45, 2.75) is 6.42 Å². The molecular formula is C18H16ClN3OS. The van der Waals surface area contributed by atoms with Crippen molar-refractivity contribution in [3.8, 4) is 0 Å². The molecule has 0 saturated heterocycles. The first-order chi connectivity index (χ1) is 11.7. The summed E-state index contributed by atoms with van der Waals surface area (Å²) in [6.07, 6.45) is 2.56. The lowest BCUT2D eigenvalue weighted by Crippen LogP contribution is -2.21. The molecule has 0 saturated carbocycles. The van der Waals surface area contributed by atoms with Gasteiger partial charge in [0.05, 0.1) is 6.54 Å². The van der Waals surface area contributed by atoms with E-state index in [1.807, 2.05) is 54.6 Å². The Labute approximate surface area is 149 Å². The van der Waals surface area contributed by atoms with Gasteiger partial charge in [-0.1, -0.05) is 41.9 Å². The zero-order valence-corrected chi connectivity index (χ0v) is 14.4. The minimum Gasteiger partial charge on any atom is -0.376 e. The molecular weight excluding hydrogens is 342 g/mol. The van der Waals surface area contributed by atoms with E-state index in [0.29, 0.717) is 5.13 Å². The Morgan fingerprint density at radius 2 is 1.83 bits per heavy atom. The number of halogens is 1. The number of thiazole rings is 1. The lowest BCUT2D eigenvalue weighted by molar-refractivity contribution is -0.114. The van der Waals surface area contributed by atoms with Crippen LogP contribution in [0, 0.1) is 0 Å². The number of hydrogen-bond donors (Lipinski definition) is 2. The zero-order chi connectivity index (χ0) is 16.8. The number of rotatable bonds is 6. The van der Waals surface area contributed by atoms with E-state index in [4.69, 9.17) is 11.6 Å². The number of nitrogens with one attached hydrogen (secondary N) is 2. The number of para-hydroxylation sites is 1. The van der Waals surface area contributed by atoms with Crippen LogP contribution in [-0.4, -0.2) is 17.4 Å². The summed E-state index contributed by atoms with van der Waals surface area (Å²) in [7, 11) is 0. The third-order valence-electron chi connectivity index (χ3n) is 3.32. The van der Waals surface area contributed by atoms with Crippen molar-refractivity contribution in [2.24, 2.45) is 0 Å². The third-order valence-corrected chi connectivity index (χ3v) is 4.48. The van der Waals surface area contributed by atoms with Gasteiger partial charge in [0.2, 0.25) is 5.91 Å². The molecule has 2 N–H and O–H groups in total. The predicted octanol–water partition coefficient (Wildman–Crippen LogP) is 4.44. The summed E-state index contributed by atoms with van der Waals surface area (Å²) in [5, 5.41) is 7.22. The van der Waals surface area contributed by atoms with E-state index in [2.05, 4.69) is 15.6 Å². The molecule has 3 aromatic rings. The van der Waals surface area contributed by atoms with Gasteiger partial charge in [-0.05, 0) is 29.8 Å². The van der Waals surface area contributed by atoms with Crippen LogP contribution in [-0.2, 0) is 11.2 Å². The highest BCUT2D eigenvalue weighted by Crippen LogP contribution is 2.22. The summed E-state index contributed by atoms with van der Waals surface area (Å²) in [4.78, 5) is 17.3. The Morgan fingerprint density at radius 1 is 1.08 bits per heavy atom. The number of carbonyl (C=O) groups is 1. The molecule has 1 aromatic heterocycles. The number of anilines is 2. The van der Waals surface area contributed by atoms with Crippen LogP contribution in [0.4, 0.5) is 10.8 Å². The van der Waals surface area contributed by atoms with Gasteiger partial charge in [0, 0.05) is 28.2 Å². The molecule has 2 aromatic carbocycles. The monoisotopic (exact) mass is 357 g/mol. The minimum atomic E-state index is -0.119. The summed E-state index contributed by atoms with van der Waals surface area (Å²) >= 11 is 7.36. The SMILES string of the molecule is O=C(CNc1ccccc1)Nc1ncc(Cc2ccc(Cl)cc2)s1. The molecule has 122 valence electrons. The first-order valence-corrected chi connectivity index (χ1v) is 8.66. The summed E-state index contributed by atoms with van der Waals surface area (Å²) in [6, 6.07) is 17.3. The van der Waals surface area contributed by atoms with Crippen LogP contribution in [0.15, 0.2) is 60.8 Å². The Kier molecular flexibility index (Phi) is 5.46. The van der Waals surface area contributed by atoms with Gasteiger partial charge in [0.1, 0.15) is 0 Å². The Morgan fingerprint density at radius 3 is 2.58 bits per heavy atom. The molecule has 4 nitrogen and oxygen atoms in total. The van der Waals surface area contributed by atoms with Gasteiger partial charge >= 0.3 is 0 Å². The average molecular weight is 358 g/mol. The second-order valence-corrected chi connectivity index (χ2v) is 6.75. The minimum absolute atomic E-state index is 0.119. The van der Waals surface area contributed by atoms with E-state index in [-0.39, 0.29) is 12.5 Å². The molecule has 0 radical (unpaired) electrons. The fourth-order valence-electron chi connectivity index (χ4n) is 2.15. The third kappa shape index (κ3) is 4.81. The standard InChI is InChI=1S/C18H16ClN3OS/c19-14-8-6-13(7-9-14)10-16-11-21-18(24-16)22-17(23)12-20-15-4-2-1-3-5-15/h1-9,11,20H,10,12H2,(H,21,22,23). The van der Waals surface area contributed by atoms with Crippen molar-refractivity contribution in [2.75, 3.05) is 17.2 Å². The highest BCUT2D eigenvalue weighted by molar-refractivity contribution is 7.15. The van der Waals surface area contributed by atoms with Crippen molar-refractivity contribution >= 4 is 39.7 Å². The second kappa shape index (κ2) is 7.95. The average Bonchev–Trinajstić information content (AvgIpc) is 3.03. The van der Waals surface area contributed by atoms with E-state index in [0.717, 1.165) is 27.6 Å². The molecule has 24 heavy (non-hydrogen) atoms. The lowest BCUT2D eigenvalue weighted by atomic mass is 10.1. The van der Waals surface area contributed by atoms with Gasteiger partial charge in [0.15, 0.2) is 5.13 Å². The summed E-state index contributed by atoms with van der Waals surface area (Å²) in [5.74, 6) is -0.119. The molecule has 0 unspecified atom stereocenters. The maximum Gasteiger partial charge on any atom is 0.245 e. The number of aromatic nitrogens is 1. The van der Waals surface area contributed by atoms with Gasteiger partial charge in [-0.2, -0.15) is 0 Å². The molecule has 0 atom stereocenters. The van der Waals surface area contributed by atoms with Crippen molar-refractivity contribution in [1.82, 2.24) is 4.98 Å². The molecule has 0 aliphatic carbocycles. The van der Waals surface area contributed by atoms with Crippen molar-refractivity contribution in [3.05, 3.63) is 76.3 Å². The summed E-state index contributed by atoms with van der Waals surface area (Å²) in [6.45, 7) is 0.204. The Balaban J connectivity index is 1.51. The molecule has 6 heteroatoms. The van der Waals surface area contributed by atoms with Gasteiger partial charge < -0.3 is 10.6 Å². The first-order valence-electron chi connectivity index (χ1n) is 7.47. The molecule has 3 rings (SSSR count). The van der Waals surface area contributed by atoms with Crippen LogP contribution in [0.2, 0.25) is 5.02 Å². The maximum absolute atomic E-state index is 12.0. The quantitative estimate of drug-likeness (QED) is 0.685.